The molecule has 6 nitrogen and oxygen atoms in total. The molecule has 3 heterocycles. The van der Waals surface area contributed by atoms with Gasteiger partial charge >= 0.3 is 0 Å². The number of carboxylic acid groups (broad SMARTS) is 1. The topological polar surface area (TPSA) is 87.5 Å². The van der Waals surface area contributed by atoms with Crippen LogP contribution in [0.2, 0.25) is 5.02 Å². The molecule has 0 amide bonds. The lowest BCUT2D eigenvalue weighted by Gasteiger charge is -2.20. The highest BCUT2D eigenvalue weighted by Gasteiger charge is 2.21. The van der Waals surface area contributed by atoms with Crippen molar-refractivity contribution >= 4 is 29.1 Å². The summed E-state index contributed by atoms with van der Waals surface area (Å²) in [6.07, 6.45) is 2.35. The third-order valence-electron chi connectivity index (χ3n) is 4.72. The van der Waals surface area contributed by atoms with Gasteiger partial charge in [0.05, 0.1) is 29.1 Å². The van der Waals surface area contributed by atoms with Gasteiger partial charge in [-0.1, -0.05) is 23.7 Å². The van der Waals surface area contributed by atoms with Gasteiger partial charge < -0.3 is 19.8 Å². The quantitative estimate of drug-likeness (QED) is 0.682. The number of rotatable bonds is 2. The number of benzene rings is 1. The maximum Gasteiger partial charge on any atom is 0.161 e. The summed E-state index contributed by atoms with van der Waals surface area (Å²) in [4.78, 5) is 17.9. The van der Waals surface area contributed by atoms with Crippen molar-refractivity contribution in [3.8, 4) is 11.5 Å². The second-order valence-corrected chi connectivity index (χ2v) is 6.69. The molecule has 0 radical (unpaired) electrons. The maximum absolute atomic E-state index is 8.25. The average molecular weight is 373 g/mol. The Balaban J connectivity index is 0.000000613. The number of aryl methyl sites for hydroxylation is 1. The van der Waals surface area contributed by atoms with Crippen LogP contribution in [0.5, 0.6) is 0 Å². The summed E-state index contributed by atoms with van der Waals surface area (Å²) >= 11 is 6.45. The van der Waals surface area contributed by atoms with Gasteiger partial charge in [-0.15, -0.1) is 0 Å². The summed E-state index contributed by atoms with van der Waals surface area (Å²) in [6.45, 7) is 1.85. The highest BCUT2D eigenvalue weighted by molar-refractivity contribution is 6.32. The Morgan fingerprint density at radius 2 is 1.88 bits per heavy atom. The number of hydrogen-bond acceptors (Lipinski definition) is 4. The molecular formula is C19H21ClN4O2. The van der Waals surface area contributed by atoms with Crippen LogP contribution in [0.4, 0.5) is 0 Å². The fraction of sp³-hybridized carbons (Fsp3) is 0.316. The van der Waals surface area contributed by atoms with Gasteiger partial charge in [0, 0.05) is 38.0 Å². The summed E-state index contributed by atoms with van der Waals surface area (Å²) in [5.74, 6) is 1.37. The lowest BCUT2D eigenvalue weighted by atomic mass is 9.94. The minimum Gasteiger partial charge on any atom is -0.554 e. The normalized spacial score (nSPS) is 14.7. The van der Waals surface area contributed by atoms with E-state index < -0.39 is 6.47 Å². The Morgan fingerprint density at radius 1 is 1.19 bits per heavy atom. The Kier molecular flexibility index (Phi) is 5.85. The monoisotopic (exact) mass is 372 g/mol. The van der Waals surface area contributed by atoms with Gasteiger partial charge in [0.2, 0.25) is 0 Å². The molecule has 1 saturated heterocycles. The molecule has 0 unspecified atom stereocenters. The Labute approximate surface area is 156 Å². The first-order valence-corrected chi connectivity index (χ1v) is 8.99. The van der Waals surface area contributed by atoms with E-state index >= 15 is 0 Å². The van der Waals surface area contributed by atoms with Gasteiger partial charge in [-0.25, -0.2) is 9.97 Å². The Morgan fingerprint density at radius 3 is 2.58 bits per heavy atom. The molecule has 0 saturated carbocycles. The number of piperidine rings is 1. The first-order chi connectivity index (χ1) is 12.7. The number of pyridine rings is 1. The smallest absolute Gasteiger partial charge is 0.161 e. The Bertz CT molecular complexity index is 904. The van der Waals surface area contributed by atoms with E-state index in [1.54, 1.807) is 0 Å². The third-order valence-corrected chi connectivity index (χ3v) is 5.03. The first-order valence-electron chi connectivity index (χ1n) is 8.61. The van der Waals surface area contributed by atoms with E-state index in [-0.39, 0.29) is 0 Å². The van der Waals surface area contributed by atoms with Crippen molar-refractivity contribution in [1.82, 2.24) is 14.5 Å². The largest absolute Gasteiger partial charge is 0.554 e. The van der Waals surface area contributed by atoms with Crippen LogP contribution in [0.25, 0.3) is 22.6 Å². The summed E-state index contributed by atoms with van der Waals surface area (Å²) < 4.78 is 2.07. The molecule has 7 heteroatoms. The molecule has 0 atom stereocenters. The number of para-hydroxylation sites is 2. The van der Waals surface area contributed by atoms with E-state index in [1.165, 1.54) is 25.9 Å². The van der Waals surface area contributed by atoms with Crippen LogP contribution in [-0.2, 0) is 11.8 Å². The van der Waals surface area contributed by atoms with Crippen molar-refractivity contribution in [3.05, 3.63) is 47.1 Å². The predicted molar refractivity (Wildman–Crippen MR) is 98.7 cm³/mol. The van der Waals surface area contributed by atoms with Crippen molar-refractivity contribution in [2.45, 2.75) is 18.8 Å². The molecule has 2 N–H and O–H groups in total. The third kappa shape index (κ3) is 3.71. The van der Waals surface area contributed by atoms with Crippen molar-refractivity contribution in [2.24, 2.45) is 7.05 Å². The highest BCUT2D eigenvalue weighted by atomic mass is 35.5. The van der Waals surface area contributed by atoms with Gasteiger partial charge in [-0.2, -0.15) is 0 Å². The molecule has 2 aromatic heterocycles. The number of quaternary nitrogens is 1. The van der Waals surface area contributed by atoms with Crippen LogP contribution < -0.4 is 10.4 Å². The van der Waals surface area contributed by atoms with Crippen molar-refractivity contribution in [2.75, 3.05) is 13.1 Å². The SMILES string of the molecule is Cn1c(-c2nc(C3CC[NH2+]CC3)ccc2Cl)nc2ccccc21.O=C[O-]. The second-order valence-electron chi connectivity index (χ2n) is 6.29. The van der Waals surface area contributed by atoms with Crippen molar-refractivity contribution in [3.63, 3.8) is 0 Å². The van der Waals surface area contributed by atoms with Crippen LogP contribution >= 0.6 is 11.6 Å². The zero-order chi connectivity index (χ0) is 18.5. The number of nitrogens with zero attached hydrogens (tertiary/aromatic N) is 3. The Hall–Kier alpha value is -2.44. The highest BCUT2D eigenvalue weighted by Crippen LogP contribution is 2.31. The van der Waals surface area contributed by atoms with Crippen LogP contribution in [0.3, 0.4) is 0 Å². The zero-order valence-electron chi connectivity index (χ0n) is 14.6. The number of aromatic nitrogens is 3. The molecule has 0 bridgehead atoms. The number of carbonyl (C=O) groups excluding carboxylic acids is 1. The van der Waals surface area contributed by atoms with Crippen molar-refractivity contribution in [1.29, 1.82) is 0 Å². The number of halogens is 1. The van der Waals surface area contributed by atoms with E-state index in [4.69, 9.17) is 31.5 Å². The van der Waals surface area contributed by atoms with Crippen LogP contribution in [0.1, 0.15) is 24.5 Å². The van der Waals surface area contributed by atoms with E-state index in [9.17, 15) is 0 Å². The fourth-order valence-corrected chi connectivity index (χ4v) is 3.61. The number of carbonyl (C=O) groups is 1. The number of fused-ring (bicyclic) bond motifs is 1. The molecule has 1 aliphatic rings. The van der Waals surface area contributed by atoms with E-state index in [0.717, 1.165) is 28.2 Å². The summed E-state index contributed by atoms with van der Waals surface area (Å²) in [5, 5.41) is 11.3. The van der Waals surface area contributed by atoms with Crippen LogP contribution in [0, 0.1) is 0 Å². The van der Waals surface area contributed by atoms with Gasteiger partial charge in [0.1, 0.15) is 5.69 Å². The minimum absolute atomic E-state index is 0.500. The molecule has 0 aliphatic carbocycles. The van der Waals surface area contributed by atoms with Gasteiger partial charge in [-0.3, -0.25) is 0 Å². The summed E-state index contributed by atoms with van der Waals surface area (Å²) in [6, 6.07) is 12.2. The molecule has 1 aromatic carbocycles. The van der Waals surface area contributed by atoms with E-state index in [0.29, 0.717) is 10.9 Å². The number of nitrogens with two attached hydrogens (primary N) is 1. The fourth-order valence-electron chi connectivity index (χ4n) is 3.42. The average Bonchev–Trinajstić information content (AvgIpc) is 3.00. The molecule has 1 aliphatic heterocycles. The van der Waals surface area contributed by atoms with Gasteiger partial charge in [0.25, 0.3) is 0 Å². The molecular weight excluding hydrogens is 352 g/mol. The van der Waals surface area contributed by atoms with Crippen LogP contribution in [0.15, 0.2) is 36.4 Å². The number of hydrogen-bond donors (Lipinski definition) is 1. The second kappa shape index (κ2) is 8.29. The first kappa shape index (κ1) is 18.4. The van der Waals surface area contributed by atoms with Gasteiger partial charge in [0.15, 0.2) is 5.82 Å². The van der Waals surface area contributed by atoms with E-state index in [1.807, 2.05) is 31.3 Å². The molecule has 0 spiro atoms. The molecule has 4 rings (SSSR count). The van der Waals surface area contributed by atoms with E-state index in [2.05, 4.69) is 22.0 Å². The zero-order valence-corrected chi connectivity index (χ0v) is 15.3. The minimum atomic E-state index is -0.500. The van der Waals surface area contributed by atoms with Gasteiger partial charge in [-0.05, 0) is 24.3 Å². The predicted octanol–water partition coefficient (Wildman–Crippen LogP) is 1.10. The lowest BCUT2D eigenvalue weighted by molar-refractivity contribution is -0.663. The summed E-state index contributed by atoms with van der Waals surface area (Å²) in [5.41, 5.74) is 4.00. The van der Waals surface area contributed by atoms with Crippen LogP contribution in [-0.4, -0.2) is 34.1 Å². The molecule has 26 heavy (non-hydrogen) atoms. The molecule has 136 valence electrons. The summed E-state index contributed by atoms with van der Waals surface area (Å²) in [7, 11) is 2.02. The number of imidazole rings is 1. The molecule has 1 fully saturated rings. The molecule has 3 aromatic rings. The van der Waals surface area contributed by atoms with Crippen molar-refractivity contribution < 1.29 is 15.2 Å². The maximum atomic E-state index is 8.25. The lowest BCUT2D eigenvalue weighted by Crippen LogP contribution is -2.86. The standard InChI is InChI=1S/C18H19ClN4.CH2O2/c1-23-16-5-3-2-4-15(16)22-18(23)17-13(19)6-7-14(21-17)12-8-10-20-11-9-12;2-1-3/h2-7,12,20H,8-11H2,1H3;1H,(H,2,3).